The standard InChI is InChI=1S/C4H5NO3.H3P/c6-3-2-8-4(7)1-5-3;/h1-2H2,(H,5,6);1H3. The normalized spacial score (nSPS) is 17.3. The van der Waals surface area contributed by atoms with E-state index in [4.69, 9.17) is 0 Å². The maximum absolute atomic E-state index is 10.2. The molecule has 1 heterocycles. The lowest BCUT2D eigenvalue weighted by molar-refractivity contribution is -0.152. The summed E-state index contributed by atoms with van der Waals surface area (Å²) in [5.74, 6) is -0.603. The molecule has 1 fully saturated rings. The number of carbonyl (C=O) groups is 2. The molecule has 1 amide bonds. The Kier molecular flexibility index (Phi) is 3.17. The molecular weight excluding hydrogens is 141 g/mol. The van der Waals surface area contributed by atoms with E-state index < -0.39 is 0 Å². The average molecular weight is 149 g/mol. The lowest BCUT2D eigenvalue weighted by Gasteiger charge is -2.10. The highest BCUT2D eigenvalue weighted by atomic mass is 31.0. The van der Waals surface area contributed by atoms with Crippen molar-refractivity contribution in [3.05, 3.63) is 0 Å². The summed E-state index contributed by atoms with van der Waals surface area (Å²) in [5, 5.41) is 2.32. The van der Waals surface area contributed by atoms with Crippen molar-refractivity contribution in [1.82, 2.24) is 5.32 Å². The van der Waals surface area contributed by atoms with Crippen molar-refractivity contribution < 1.29 is 14.3 Å². The summed E-state index contributed by atoms with van der Waals surface area (Å²) < 4.78 is 4.34. The van der Waals surface area contributed by atoms with Crippen LogP contribution in [0.25, 0.3) is 0 Å². The van der Waals surface area contributed by atoms with E-state index in [0.29, 0.717) is 0 Å². The summed E-state index contributed by atoms with van der Waals surface area (Å²) in [6.45, 7) is -0.113. The van der Waals surface area contributed by atoms with Gasteiger partial charge in [-0.25, -0.2) is 0 Å². The van der Waals surface area contributed by atoms with E-state index in [1.165, 1.54) is 0 Å². The van der Waals surface area contributed by atoms with Crippen molar-refractivity contribution in [2.24, 2.45) is 0 Å². The van der Waals surface area contributed by atoms with Crippen LogP contribution in [0.3, 0.4) is 0 Å². The van der Waals surface area contributed by atoms with Crippen molar-refractivity contribution in [3.8, 4) is 0 Å². The maximum Gasteiger partial charge on any atom is 0.325 e. The Bertz CT molecular complexity index is 108. The topological polar surface area (TPSA) is 55.4 Å². The van der Waals surface area contributed by atoms with Crippen LogP contribution in [0, 0.1) is 0 Å². The molecule has 0 aromatic heterocycles. The summed E-state index contributed by atoms with van der Waals surface area (Å²) in [7, 11) is 0. The van der Waals surface area contributed by atoms with Crippen LogP contribution >= 0.6 is 9.90 Å². The van der Waals surface area contributed by atoms with Crippen LogP contribution in [-0.2, 0) is 14.3 Å². The smallest absolute Gasteiger partial charge is 0.325 e. The van der Waals surface area contributed by atoms with Gasteiger partial charge in [0.2, 0.25) is 0 Å². The zero-order valence-electron chi connectivity index (χ0n) is 4.85. The van der Waals surface area contributed by atoms with Gasteiger partial charge in [0, 0.05) is 0 Å². The Balaban J connectivity index is 0.000000640. The zero-order valence-corrected chi connectivity index (χ0v) is 6.26. The maximum atomic E-state index is 10.2. The highest BCUT2D eigenvalue weighted by Gasteiger charge is 2.13. The van der Waals surface area contributed by atoms with Crippen molar-refractivity contribution in [3.63, 3.8) is 0 Å². The number of cyclic esters (lactones) is 1. The SMILES string of the molecule is O=C1COC(=O)CN1.P. The highest BCUT2D eigenvalue weighted by Crippen LogP contribution is 1.83. The molecule has 5 heteroatoms. The van der Waals surface area contributed by atoms with Gasteiger partial charge in [0.15, 0.2) is 6.61 Å². The number of hydrogen-bond donors (Lipinski definition) is 1. The molecule has 9 heavy (non-hydrogen) atoms. The first-order valence-corrected chi connectivity index (χ1v) is 2.21. The Morgan fingerprint density at radius 2 is 2.11 bits per heavy atom. The second-order valence-electron chi connectivity index (χ2n) is 1.44. The molecule has 1 N–H and O–H groups in total. The average Bonchev–Trinajstić information content (AvgIpc) is 1.77. The summed E-state index contributed by atoms with van der Waals surface area (Å²) in [6.07, 6.45) is 0. The fraction of sp³-hybridized carbons (Fsp3) is 0.500. The molecule has 1 rings (SSSR count). The minimum absolute atomic E-state index is 0. The molecule has 0 bridgehead atoms. The number of hydrogen-bond acceptors (Lipinski definition) is 3. The van der Waals surface area contributed by atoms with Gasteiger partial charge in [-0.05, 0) is 0 Å². The van der Waals surface area contributed by atoms with Gasteiger partial charge >= 0.3 is 5.97 Å². The van der Waals surface area contributed by atoms with Crippen LogP contribution in [0.4, 0.5) is 0 Å². The lowest BCUT2D eigenvalue weighted by Crippen LogP contribution is -2.39. The van der Waals surface area contributed by atoms with Gasteiger partial charge < -0.3 is 10.1 Å². The summed E-state index contributed by atoms with van der Waals surface area (Å²) >= 11 is 0. The monoisotopic (exact) mass is 149 g/mol. The minimum Gasteiger partial charge on any atom is -0.454 e. The molecule has 0 aromatic rings. The van der Waals surface area contributed by atoms with Gasteiger partial charge in [0.05, 0.1) is 0 Å². The molecule has 0 saturated carbocycles. The van der Waals surface area contributed by atoms with E-state index in [9.17, 15) is 9.59 Å². The van der Waals surface area contributed by atoms with Crippen LogP contribution < -0.4 is 5.32 Å². The fourth-order valence-corrected chi connectivity index (χ4v) is 0.419. The molecule has 0 radical (unpaired) electrons. The van der Waals surface area contributed by atoms with Crippen molar-refractivity contribution in [2.45, 2.75) is 0 Å². The molecule has 1 saturated heterocycles. The second kappa shape index (κ2) is 3.41. The number of carbonyl (C=O) groups excluding carboxylic acids is 2. The van der Waals surface area contributed by atoms with Crippen LogP contribution in [0.5, 0.6) is 0 Å². The van der Waals surface area contributed by atoms with E-state index in [1.807, 2.05) is 0 Å². The number of esters is 1. The molecule has 4 nitrogen and oxygen atoms in total. The van der Waals surface area contributed by atoms with E-state index >= 15 is 0 Å². The summed E-state index contributed by atoms with van der Waals surface area (Å²) in [6, 6.07) is 0. The van der Waals surface area contributed by atoms with Gasteiger partial charge in [-0.15, -0.1) is 0 Å². The van der Waals surface area contributed by atoms with Crippen molar-refractivity contribution in [2.75, 3.05) is 13.2 Å². The van der Waals surface area contributed by atoms with Gasteiger partial charge in [-0.3, -0.25) is 9.59 Å². The predicted molar refractivity (Wildman–Crippen MR) is 35.1 cm³/mol. The largest absolute Gasteiger partial charge is 0.454 e. The highest BCUT2D eigenvalue weighted by molar-refractivity contribution is 6.92. The molecular formula is C4H8NO3P. The molecule has 1 aliphatic rings. The Morgan fingerprint density at radius 3 is 2.44 bits per heavy atom. The van der Waals surface area contributed by atoms with Gasteiger partial charge in [0.1, 0.15) is 6.54 Å². The molecule has 1 aliphatic heterocycles. The predicted octanol–water partition coefficient (Wildman–Crippen LogP) is -1.28. The lowest BCUT2D eigenvalue weighted by atomic mass is 10.5. The van der Waals surface area contributed by atoms with Crippen LogP contribution in [0.1, 0.15) is 0 Å². The first-order chi connectivity index (χ1) is 3.79. The number of ether oxygens (including phenoxy) is 1. The van der Waals surface area contributed by atoms with Crippen LogP contribution in [0.15, 0.2) is 0 Å². The molecule has 0 aliphatic carbocycles. The van der Waals surface area contributed by atoms with E-state index in [-0.39, 0.29) is 34.9 Å². The Morgan fingerprint density at radius 1 is 1.44 bits per heavy atom. The third-order valence-corrected chi connectivity index (χ3v) is 0.794. The first kappa shape index (κ1) is 8.37. The molecule has 0 spiro atoms. The molecule has 0 aromatic carbocycles. The van der Waals surface area contributed by atoms with E-state index in [2.05, 4.69) is 10.1 Å². The second-order valence-corrected chi connectivity index (χ2v) is 1.44. The van der Waals surface area contributed by atoms with Crippen LogP contribution in [0.2, 0.25) is 0 Å². The Hall–Kier alpha value is -0.630. The van der Waals surface area contributed by atoms with Gasteiger partial charge in [-0.2, -0.15) is 9.90 Å². The van der Waals surface area contributed by atoms with Crippen molar-refractivity contribution >= 4 is 21.8 Å². The number of rotatable bonds is 0. The molecule has 52 valence electrons. The third kappa shape index (κ3) is 2.42. The number of nitrogens with one attached hydrogen (secondary N) is 1. The third-order valence-electron chi connectivity index (χ3n) is 0.794. The Labute approximate surface area is 55.6 Å². The van der Waals surface area contributed by atoms with Gasteiger partial charge in [0.25, 0.3) is 5.91 Å². The molecule has 1 unspecified atom stereocenters. The zero-order chi connectivity index (χ0) is 5.98. The minimum atomic E-state index is -0.371. The van der Waals surface area contributed by atoms with Crippen molar-refractivity contribution in [1.29, 1.82) is 0 Å². The first-order valence-electron chi connectivity index (χ1n) is 2.21. The number of amides is 1. The van der Waals surface area contributed by atoms with Crippen LogP contribution in [-0.4, -0.2) is 25.0 Å². The van der Waals surface area contributed by atoms with E-state index in [1.54, 1.807) is 0 Å². The summed E-state index contributed by atoms with van der Waals surface area (Å²) in [4.78, 5) is 20.4. The fourth-order valence-electron chi connectivity index (χ4n) is 0.419. The summed E-state index contributed by atoms with van der Waals surface area (Å²) in [5.41, 5.74) is 0. The van der Waals surface area contributed by atoms with E-state index in [0.717, 1.165) is 0 Å². The van der Waals surface area contributed by atoms with Gasteiger partial charge in [-0.1, -0.05) is 0 Å². The molecule has 1 atom stereocenters. The number of morpholine rings is 1. The quantitative estimate of drug-likeness (QED) is 0.344.